The van der Waals surface area contributed by atoms with Gasteiger partial charge in [0.1, 0.15) is 0 Å². The van der Waals surface area contributed by atoms with Crippen molar-refractivity contribution in [3.05, 3.63) is 35.9 Å². The van der Waals surface area contributed by atoms with E-state index in [4.69, 9.17) is 4.74 Å². The number of hydrogen-bond acceptors (Lipinski definition) is 2. The van der Waals surface area contributed by atoms with Gasteiger partial charge in [-0.15, -0.1) is 0 Å². The summed E-state index contributed by atoms with van der Waals surface area (Å²) in [5.41, 5.74) is 1.29. The average Bonchev–Trinajstić information content (AvgIpc) is 2.25. The topological polar surface area (TPSA) is 21.3 Å². The average molecular weight is 221 g/mol. The fourth-order valence-electron chi connectivity index (χ4n) is 1.62. The van der Waals surface area contributed by atoms with Gasteiger partial charge in [-0.05, 0) is 19.4 Å². The predicted molar refractivity (Wildman–Crippen MR) is 68.5 cm³/mol. The Morgan fingerprint density at radius 2 is 1.69 bits per heavy atom. The summed E-state index contributed by atoms with van der Waals surface area (Å²) in [4.78, 5) is 0. The highest BCUT2D eigenvalue weighted by molar-refractivity contribution is 5.19. The van der Waals surface area contributed by atoms with Crippen LogP contribution in [0.1, 0.15) is 39.3 Å². The molecule has 0 radical (unpaired) electrons. The van der Waals surface area contributed by atoms with Gasteiger partial charge in [-0.2, -0.15) is 0 Å². The predicted octanol–water partition coefficient (Wildman–Crippen LogP) is 3.15. The van der Waals surface area contributed by atoms with Gasteiger partial charge in [0.05, 0.1) is 18.8 Å². The third-order valence-electron chi connectivity index (χ3n) is 2.33. The lowest BCUT2D eigenvalue weighted by atomic mass is 10.1. The second-order valence-electron chi connectivity index (χ2n) is 4.67. The van der Waals surface area contributed by atoms with E-state index in [9.17, 15) is 0 Å². The molecule has 0 aliphatic carbocycles. The van der Waals surface area contributed by atoms with Crippen LogP contribution >= 0.6 is 0 Å². The highest BCUT2D eigenvalue weighted by Crippen LogP contribution is 2.14. The van der Waals surface area contributed by atoms with Crippen LogP contribution in [0.25, 0.3) is 0 Å². The molecule has 1 aromatic rings. The van der Waals surface area contributed by atoms with Crippen LogP contribution in [-0.4, -0.2) is 18.8 Å². The molecule has 0 saturated heterocycles. The first-order chi connectivity index (χ1) is 7.59. The summed E-state index contributed by atoms with van der Waals surface area (Å²) in [5.74, 6) is 0. The normalized spacial score (nSPS) is 13.4. The SMILES string of the molecule is CC(C)N[C@H](COC(C)C)c1ccccc1. The van der Waals surface area contributed by atoms with Crippen molar-refractivity contribution in [1.29, 1.82) is 0 Å². The summed E-state index contributed by atoms with van der Waals surface area (Å²) in [6.45, 7) is 9.17. The molecular weight excluding hydrogens is 198 g/mol. The highest BCUT2D eigenvalue weighted by Gasteiger charge is 2.12. The molecule has 0 bridgehead atoms. The Morgan fingerprint density at radius 3 is 2.19 bits per heavy atom. The monoisotopic (exact) mass is 221 g/mol. The van der Waals surface area contributed by atoms with Crippen LogP contribution in [0.3, 0.4) is 0 Å². The van der Waals surface area contributed by atoms with Crippen molar-refractivity contribution < 1.29 is 4.74 Å². The maximum Gasteiger partial charge on any atom is 0.0665 e. The first-order valence-corrected chi connectivity index (χ1v) is 6.02. The minimum absolute atomic E-state index is 0.278. The van der Waals surface area contributed by atoms with Gasteiger partial charge >= 0.3 is 0 Å². The highest BCUT2D eigenvalue weighted by atomic mass is 16.5. The zero-order valence-electron chi connectivity index (χ0n) is 10.7. The maximum atomic E-state index is 5.70. The molecule has 0 amide bonds. The van der Waals surface area contributed by atoms with E-state index < -0.39 is 0 Å². The van der Waals surface area contributed by atoms with Gasteiger partial charge in [-0.25, -0.2) is 0 Å². The van der Waals surface area contributed by atoms with Crippen molar-refractivity contribution in [2.45, 2.75) is 45.9 Å². The molecule has 1 rings (SSSR count). The second kappa shape index (κ2) is 6.66. The minimum Gasteiger partial charge on any atom is -0.377 e. The summed E-state index contributed by atoms with van der Waals surface area (Å²) in [5, 5.41) is 3.53. The van der Waals surface area contributed by atoms with Crippen LogP contribution < -0.4 is 5.32 Å². The van der Waals surface area contributed by atoms with Crippen LogP contribution in [0.5, 0.6) is 0 Å². The summed E-state index contributed by atoms with van der Waals surface area (Å²) in [6, 6.07) is 11.2. The van der Waals surface area contributed by atoms with Gasteiger partial charge in [0.2, 0.25) is 0 Å². The molecule has 16 heavy (non-hydrogen) atoms. The molecular formula is C14H23NO. The van der Waals surface area contributed by atoms with E-state index in [-0.39, 0.29) is 12.1 Å². The fraction of sp³-hybridized carbons (Fsp3) is 0.571. The van der Waals surface area contributed by atoms with Crippen LogP contribution in [0, 0.1) is 0 Å². The molecule has 0 fully saturated rings. The lowest BCUT2D eigenvalue weighted by Crippen LogP contribution is -2.32. The van der Waals surface area contributed by atoms with E-state index in [0.29, 0.717) is 6.04 Å². The molecule has 1 N–H and O–H groups in total. The third kappa shape index (κ3) is 4.77. The number of benzene rings is 1. The minimum atomic E-state index is 0.278. The molecule has 2 heteroatoms. The standard InChI is InChI=1S/C14H23NO/c1-11(2)15-14(10-16-12(3)4)13-8-6-5-7-9-13/h5-9,11-12,14-15H,10H2,1-4H3/t14-/m1/s1. The molecule has 2 nitrogen and oxygen atoms in total. The number of rotatable bonds is 6. The zero-order chi connectivity index (χ0) is 12.0. The number of hydrogen-bond donors (Lipinski definition) is 1. The van der Waals surface area contributed by atoms with Crippen molar-refractivity contribution in [3.8, 4) is 0 Å². The molecule has 0 heterocycles. The van der Waals surface area contributed by atoms with E-state index in [1.165, 1.54) is 5.56 Å². The van der Waals surface area contributed by atoms with E-state index in [0.717, 1.165) is 6.61 Å². The van der Waals surface area contributed by atoms with Crippen LogP contribution in [0.15, 0.2) is 30.3 Å². The van der Waals surface area contributed by atoms with Gasteiger partial charge in [-0.3, -0.25) is 0 Å². The van der Waals surface area contributed by atoms with Crippen LogP contribution in [0.4, 0.5) is 0 Å². The Morgan fingerprint density at radius 1 is 1.06 bits per heavy atom. The number of nitrogens with one attached hydrogen (secondary N) is 1. The molecule has 90 valence electrons. The summed E-state index contributed by atoms with van der Waals surface area (Å²) in [7, 11) is 0. The summed E-state index contributed by atoms with van der Waals surface area (Å²) in [6.07, 6.45) is 0.278. The molecule has 0 saturated carbocycles. The first-order valence-electron chi connectivity index (χ1n) is 6.02. The van der Waals surface area contributed by atoms with Crippen molar-refractivity contribution in [2.24, 2.45) is 0 Å². The van der Waals surface area contributed by atoms with Gasteiger partial charge in [0, 0.05) is 6.04 Å². The van der Waals surface area contributed by atoms with Crippen molar-refractivity contribution in [2.75, 3.05) is 6.61 Å². The molecule has 0 aliphatic rings. The lowest BCUT2D eigenvalue weighted by molar-refractivity contribution is 0.0593. The van der Waals surface area contributed by atoms with Gasteiger partial charge in [-0.1, -0.05) is 44.2 Å². The Bertz CT molecular complexity index is 282. The summed E-state index contributed by atoms with van der Waals surface area (Å²) < 4.78 is 5.70. The van der Waals surface area contributed by atoms with Crippen LogP contribution in [0.2, 0.25) is 0 Å². The van der Waals surface area contributed by atoms with E-state index in [1.807, 2.05) is 6.07 Å². The maximum absolute atomic E-state index is 5.70. The van der Waals surface area contributed by atoms with Crippen molar-refractivity contribution >= 4 is 0 Å². The molecule has 0 spiro atoms. The zero-order valence-corrected chi connectivity index (χ0v) is 10.7. The Labute approximate surface area is 99.0 Å². The van der Waals surface area contributed by atoms with E-state index in [2.05, 4.69) is 57.3 Å². The quantitative estimate of drug-likeness (QED) is 0.796. The number of ether oxygens (including phenoxy) is 1. The van der Waals surface area contributed by atoms with Gasteiger partial charge in [0.15, 0.2) is 0 Å². The van der Waals surface area contributed by atoms with Gasteiger partial charge < -0.3 is 10.1 Å². The Hall–Kier alpha value is -0.860. The smallest absolute Gasteiger partial charge is 0.0665 e. The molecule has 0 aliphatic heterocycles. The van der Waals surface area contributed by atoms with E-state index >= 15 is 0 Å². The van der Waals surface area contributed by atoms with Gasteiger partial charge in [0.25, 0.3) is 0 Å². The van der Waals surface area contributed by atoms with Crippen molar-refractivity contribution in [3.63, 3.8) is 0 Å². The first kappa shape index (κ1) is 13.2. The largest absolute Gasteiger partial charge is 0.377 e. The molecule has 1 atom stereocenters. The van der Waals surface area contributed by atoms with E-state index in [1.54, 1.807) is 0 Å². The molecule has 0 aromatic heterocycles. The summed E-state index contributed by atoms with van der Waals surface area (Å²) >= 11 is 0. The second-order valence-corrected chi connectivity index (χ2v) is 4.67. The molecule has 1 aromatic carbocycles. The lowest BCUT2D eigenvalue weighted by Gasteiger charge is -2.22. The molecule has 0 unspecified atom stereocenters. The van der Waals surface area contributed by atoms with Crippen molar-refractivity contribution in [1.82, 2.24) is 5.32 Å². The van der Waals surface area contributed by atoms with Crippen LogP contribution in [-0.2, 0) is 4.74 Å². The third-order valence-corrected chi connectivity index (χ3v) is 2.33. The fourth-order valence-corrected chi connectivity index (χ4v) is 1.62. The Kier molecular flexibility index (Phi) is 5.50. The Balaban J connectivity index is 2.64.